The van der Waals surface area contributed by atoms with Gasteiger partial charge in [-0.1, -0.05) is 25.3 Å². The van der Waals surface area contributed by atoms with Crippen LogP contribution in [0, 0.1) is 6.92 Å². The van der Waals surface area contributed by atoms with E-state index in [9.17, 15) is 18.0 Å². The summed E-state index contributed by atoms with van der Waals surface area (Å²) in [5.41, 5.74) is 1.11. The van der Waals surface area contributed by atoms with E-state index in [2.05, 4.69) is 15.4 Å². The van der Waals surface area contributed by atoms with E-state index in [1.54, 1.807) is 17.9 Å². The Kier molecular flexibility index (Phi) is 9.10. The maximum atomic E-state index is 13.1. The second kappa shape index (κ2) is 11.8. The topological polar surface area (TPSA) is 117 Å². The molecule has 1 aliphatic carbocycles. The van der Waals surface area contributed by atoms with Crippen molar-refractivity contribution in [3.8, 4) is 0 Å². The van der Waals surface area contributed by atoms with Crippen LogP contribution < -0.4 is 15.4 Å². The molecule has 1 saturated carbocycles. The lowest BCUT2D eigenvalue weighted by Crippen LogP contribution is -2.51. The molecule has 0 bridgehead atoms. The molecule has 0 atom stereocenters. The highest BCUT2D eigenvalue weighted by molar-refractivity contribution is 7.89. The summed E-state index contributed by atoms with van der Waals surface area (Å²) in [5, 5.41) is 6.12. The molecule has 1 aromatic rings. The number of hydrogen-bond acceptors (Lipinski definition) is 5. The molecule has 10 heteroatoms. The summed E-state index contributed by atoms with van der Waals surface area (Å²) in [7, 11) is -2.23. The van der Waals surface area contributed by atoms with Gasteiger partial charge in [-0.15, -0.1) is 0 Å². The SMILES string of the molecule is COCCNS(=O)(=O)c1ccc(C)c(C(=O)N2CCC(NC(=O)NC3CCCCC3)CC2)c1. The minimum absolute atomic E-state index is 0.0236. The summed E-state index contributed by atoms with van der Waals surface area (Å²) in [4.78, 5) is 27.2. The van der Waals surface area contributed by atoms with Crippen molar-refractivity contribution in [2.75, 3.05) is 33.4 Å². The van der Waals surface area contributed by atoms with E-state index in [0.717, 1.165) is 31.2 Å². The molecule has 33 heavy (non-hydrogen) atoms. The van der Waals surface area contributed by atoms with Crippen LogP contribution in [0.3, 0.4) is 0 Å². The highest BCUT2D eigenvalue weighted by Crippen LogP contribution is 2.21. The quantitative estimate of drug-likeness (QED) is 0.493. The first-order chi connectivity index (χ1) is 15.8. The average molecular weight is 481 g/mol. The van der Waals surface area contributed by atoms with Gasteiger partial charge in [0.1, 0.15) is 0 Å². The highest BCUT2D eigenvalue weighted by atomic mass is 32.2. The lowest BCUT2D eigenvalue weighted by Gasteiger charge is -2.33. The molecule has 1 aromatic carbocycles. The first-order valence-corrected chi connectivity index (χ1v) is 13.2. The second-order valence-electron chi connectivity index (χ2n) is 8.89. The molecule has 0 spiro atoms. The number of carbonyl (C=O) groups excluding carboxylic acids is 2. The van der Waals surface area contributed by atoms with E-state index < -0.39 is 10.0 Å². The summed E-state index contributed by atoms with van der Waals surface area (Å²) in [6.07, 6.45) is 6.98. The van der Waals surface area contributed by atoms with Gasteiger partial charge in [0, 0.05) is 44.4 Å². The van der Waals surface area contributed by atoms with Gasteiger partial charge in [0.2, 0.25) is 10.0 Å². The van der Waals surface area contributed by atoms with E-state index in [1.165, 1.54) is 25.7 Å². The summed E-state index contributed by atoms with van der Waals surface area (Å²) >= 11 is 0. The Morgan fingerprint density at radius 3 is 2.30 bits per heavy atom. The Labute approximate surface area is 196 Å². The number of nitrogens with zero attached hydrogens (tertiary/aromatic N) is 1. The molecule has 2 aliphatic rings. The van der Waals surface area contributed by atoms with Crippen molar-refractivity contribution in [2.24, 2.45) is 0 Å². The molecular weight excluding hydrogens is 444 g/mol. The fourth-order valence-corrected chi connectivity index (χ4v) is 5.46. The number of methoxy groups -OCH3 is 1. The number of sulfonamides is 1. The fraction of sp³-hybridized carbons (Fsp3) is 0.652. The number of amides is 3. The highest BCUT2D eigenvalue weighted by Gasteiger charge is 2.27. The average Bonchev–Trinajstić information content (AvgIpc) is 2.80. The van der Waals surface area contributed by atoms with Crippen LogP contribution in [0.25, 0.3) is 0 Å². The lowest BCUT2D eigenvalue weighted by atomic mass is 9.96. The Balaban J connectivity index is 1.55. The van der Waals surface area contributed by atoms with Gasteiger partial charge in [-0.3, -0.25) is 4.79 Å². The summed E-state index contributed by atoms with van der Waals surface area (Å²) < 4.78 is 32.4. The van der Waals surface area contributed by atoms with Crippen molar-refractivity contribution in [2.45, 2.75) is 68.8 Å². The summed E-state index contributed by atoms with van der Waals surface area (Å²) in [6, 6.07) is 4.76. The monoisotopic (exact) mass is 480 g/mol. The van der Waals surface area contributed by atoms with Gasteiger partial charge in [0.25, 0.3) is 5.91 Å². The number of piperidine rings is 1. The van der Waals surface area contributed by atoms with Gasteiger partial charge in [-0.05, 0) is 50.3 Å². The predicted octanol–water partition coefficient (Wildman–Crippen LogP) is 2.16. The molecular formula is C23H36N4O5S. The van der Waals surface area contributed by atoms with Crippen LogP contribution in [0.15, 0.2) is 23.1 Å². The zero-order chi connectivity index (χ0) is 23.8. The van der Waals surface area contributed by atoms with Crippen molar-refractivity contribution in [1.82, 2.24) is 20.3 Å². The number of benzene rings is 1. The van der Waals surface area contributed by atoms with Crippen molar-refractivity contribution < 1.29 is 22.7 Å². The first kappa shape index (κ1) is 25.5. The fourth-order valence-electron chi connectivity index (χ4n) is 4.42. The maximum Gasteiger partial charge on any atom is 0.315 e. The minimum Gasteiger partial charge on any atom is -0.383 e. The molecule has 1 saturated heterocycles. The van der Waals surface area contributed by atoms with E-state index in [1.807, 2.05) is 0 Å². The number of rotatable bonds is 8. The van der Waals surface area contributed by atoms with Gasteiger partial charge < -0.3 is 20.3 Å². The minimum atomic E-state index is -3.73. The first-order valence-electron chi connectivity index (χ1n) is 11.8. The van der Waals surface area contributed by atoms with Crippen LogP contribution in [-0.2, 0) is 14.8 Å². The third-order valence-corrected chi connectivity index (χ3v) is 7.86. The molecule has 1 heterocycles. The molecule has 9 nitrogen and oxygen atoms in total. The van der Waals surface area contributed by atoms with Crippen LogP contribution >= 0.6 is 0 Å². The molecule has 0 unspecified atom stereocenters. The van der Waals surface area contributed by atoms with E-state index >= 15 is 0 Å². The van der Waals surface area contributed by atoms with E-state index in [4.69, 9.17) is 4.74 Å². The van der Waals surface area contributed by atoms with Crippen LogP contribution in [-0.4, -0.2) is 70.7 Å². The molecule has 0 aromatic heterocycles. The van der Waals surface area contributed by atoms with Crippen molar-refractivity contribution in [3.05, 3.63) is 29.3 Å². The zero-order valence-corrected chi connectivity index (χ0v) is 20.4. The number of aryl methyl sites for hydroxylation is 1. The molecule has 1 aliphatic heterocycles. The summed E-state index contributed by atoms with van der Waals surface area (Å²) in [6.45, 7) is 3.24. The van der Waals surface area contributed by atoms with Gasteiger partial charge >= 0.3 is 6.03 Å². The van der Waals surface area contributed by atoms with Crippen LogP contribution in [0.5, 0.6) is 0 Å². The Morgan fingerprint density at radius 1 is 1.03 bits per heavy atom. The van der Waals surface area contributed by atoms with E-state index in [-0.39, 0.29) is 42.1 Å². The third-order valence-electron chi connectivity index (χ3n) is 6.41. The van der Waals surface area contributed by atoms with Crippen molar-refractivity contribution in [1.29, 1.82) is 0 Å². The number of likely N-dealkylation sites (tertiary alicyclic amines) is 1. The molecule has 2 fully saturated rings. The van der Waals surface area contributed by atoms with Gasteiger partial charge in [-0.2, -0.15) is 0 Å². The predicted molar refractivity (Wildman–Crippen MR) is 126 cm³/mol. The largest absolute Gasteiger partial charge is 0.383 e. The number of hydrogen-bond donors (Lipinski definition) is 3. The Morgan fingerprint density at radius 2 is 1.67 bits per heavy atom. The van der Waals surface area contributed by atoms with Crippen molar-refractivity contribution in [3.63, 3.8) is 0 Å². The molecule has 0 radical (unpaired) electrons. The molecule has 3 amide bonds. The smallest absolute Gasteiger partial charge is 0.315 e. The summed E-state index contributed by atoms with van der Waals surface area (Å²) in [5.74, 6) is -0.188. The molecule has 3 rings (SSSR count). The number of nitrogens with one attached hydrogen (secondary N) is 3. The van der Waals surface area contributed by atoms with Gasteiger partial charge in [0.05, 0.1) is 11.5 Å². The number of carbonyl (C=O) groups is 2. The maximum absolute atomic E-state index is 13.1. The number of ether oxygens (including phenoxy) is 1. The van der Waals surface area contributed by atoms with Gasteiger partial charge in [-0.25, -0.2) is 17.9 Å². The molecule has 184 valence electrons. The zero-order valence-electron chi connectivity index (χ0n) is 19.6. The van der Waals surface area contributed by atoms with Crippen LogP contribution in [0.1, 0.15) is 60.9 Å². The standard InChI is InChI=1S/C23H36N4O5S/c1-17-8-9-20(33(30,31)24-12-15-32-2)16-21(17)22(28)27-13-10-19(11-14-27)26-23(29)25-18-6-4-3-5-7-18/h8-9,16,18-19,24H,3-7,10-15H2,1-2H3,(H2,25,26,29). The van der Waals surface area contributed by atoms with Crippen LogP contribution in [0.4, 0.5) is 4.79 Å². The normalized spacial score (nSPS) is 18.2. The lowest BCUT2D eigenvalue weighted by molar-refractivity contribution is 0.0707. The Bertz CT molecular complexity index is 923. The second-order valence-corrected chi connectivity index (χ2v) is 10.7. The van der Waals surface area contributed by atoms with Gasteiger partial charge in [0.15, 0.2) is 0 Å². The number of urea groups is 1. The van der Waals surface area contributed by atoms with Crippen LogP contribution in [0.2, 0.25) is 0 Å². The van der Waals surface area contributed by atoms with E-state index in [0.29, 0.717) is 31.5 Å². The molecule has 3 N–H and O–H groups in total. The van der Waals surface area contributed by atoms with Crippen molar-refractivity contribution >= 4 is 22.0 Å². The Hall–Kier alpha value is -2.17. The third kappa shape index (κ3) is 7.15.